The fourth-order valence-corrected chi connectivity index (χ4v) is 4.35. The van der Waals surface area contributed by atoms with Crippen molar-refractivity contribution in [2.75, 3.05) is 25.0 Å². The molecule has 5 rings (SSSR count). The first-order chi connectivity index (χ1) is 15.6. The number of anilines is 1. The molecule has 2 N–H and O–H groups in total. The maximum atomic E-state index is 12.5. The van der Waals surface area contributed by atoms with Crippen molar-refractivity contribution in [1.82, 2.24) is 19.6 Å². The number of amides is 1. The Morgan fingerprint density at radius 2 is 1.91 bits per heavy atom. The Morgan fingerprint density at radius 3 is 2.69 bits per heavy atom. The van der Waals surface area contributed by atoms with E-state index in [1.54, 1.807) is 6.07 Å². The van der Waals surface area contributed by atoms with Crippen LogP contribution in [0.15, 0.2) is 63.9 Å². The summed E-state index contributed by atoms with van der Waals surface area (Å²) in [6, 6.07) is 17.6. The van der Waals surface area contributed by atoms with Gasteiger partial charge in [0.25, 0.3) is 0 Å². The van der Waals surface area contributed by atoms with Crippen molar-refractivity contribution >= 4 is 22.8 Å². The molecule has 1 amide bonds. The lowest BCUT2D eigenvalue weighted by molar-refractivity contribution is -0.117. The molecule has 0 bridgehead atoms. The number of piperidine rings is 1. The van der Waals surface area contributed by atoms with Gasteiger partial charge < -0.3 is 9.51 Å². The molecule has 1 aliphatic heterocycles. The summed E-state index contributed by atoms with van der Waals surface area (Å²) in [6.07, 6.45) is 1.63. The average Bonchev–Trinajstić information content (AvgIpc) is 3.38. The van der Waals surface area contributed by atoms with Crippen LogP contribution in [-0.2, 0) is 4.79 Å². The van der Waals surface area contributed by atoms with Gasteiger partial charge in [-0.2, -0.15) is 0 Å². The summed E-state index contributed by atoms with van der Waals surface area (Å²) in [6.45, 7) is 3.79. The molecule has 2 aromatic carbocycles. The normalized spacial score (nSPS) is 15.3. The van der Waals surface area contributed by atoms with Gasteiger partial charge in [0.2, 0.25) is 11.8 Å². The number of hydrogen-bond donors (Lipinski definition) is 2. The van der Waals surface area contributed by atoms with E-state index in [0.29, 0.717) is 11.6 Å². The van der Waals surface area contributed by atoms with Crippen molar-refractivity contribution in [3.63, 3.8) is 0 Å². The maximum Gasteiger partial charge on any atom is 0.326 e. The Kier molecular flexibility index (Phi) is 5.36. The van der Waals surface area contributed by atoms with Crippen LogP contribution >= 0.6 is 0 Å². The molecule has 0 atom stereocenters. The van der Waals surface area contributed by atoms with Crippen molar-refractivity contribution in [1.29, 1.82) is 0 Å². The molecule has 8 heteroatoms. The first-order valence-electron chi connectivity index (χ1n) is 10.8. The second kappa shape index (κ2) is 8.47. The lowest BCUT2D eigenvalue weighted by Crippen LogP contribution is -2.40. The highest BCUT2D eigenvalue weighted by atomic mass is 16.5. The average molecular weight is 431 g/mol. The predicted molar refractivity (Wildman–Crippen MR) is 123 cm³/mol. The van der Waals surface area contributed by atoms with Crippen LogP contribution in [0.25, 0.3) is 22.3 Å². The molecular weight excluding hydrogens is 406 g/mol. The number of rotatable bonds is 5. The Hall–Kier alpha value is -3.65. The first-order valence-corrected chi connectivity index (χ1v) is 10.8. The fraction of sp³-hybridized carbons (Fsp3) is 0.292. The summed E-state index contributed by atoms with van der Waals surface area (Å²) >= 11 is 0. The number of aromatic nitrogens is 3. The summed E-state index contributed by atoms with van der Waals surface area (Å²) in [4.78, 5) is 30.0. The minimum atomic E-state index is -0.140. The molecule has 3 heterocycles. The Labute approximate surface area is 184 Å². The number of para-hydroxylation sites is 2. The van der Waals surface area contributed by atoms with Crippen molar-refractivity contribution < 1.29 is 9.32 Å². The summed E-state index contributed by atoms with van der Waals surface area (Å²) in [7, 11) is 0. The Morgan fingerprint density at radius 1 is 1.16 bits per heavy atom. The third kappa shape index (κ3) is 4.09. The Balaban J connectivity index is 1.17. The molecule has 1 aliphatic rings. The summed E-state index contributed by atoms with van der Waals surface area (Å²) in [5, 5.41) is 6.84. The quantitative estimate of drug-likeness (QED) is 0.504. The maximum absolute atomic E-state index is 12.5. The molecule has 0 radical (unpaired) electrons. The van der Waals surface area contributed by atoms with Crippen molar-refractivity contribution in [2.24, 2.45) is 0 Å². The number of likely N-dealkylation sites (tertiary alicyclic amines) is 1. The van der Waals surface area contributed by atoms with E-state index in [0.717, 1.165) is 42.5 Å². The Bertz CT molecular complexity index is 1290. The smallest absolute Gasteiger partial charge is 0.326 e. The lowest BCUT2D eigenvalue weighted by atomic mass is 10.0. The zero-order chi connectivity index (χ0) is 22.1. The summed E-state index contributed by atoms with van der Waals surface area (Å²) < 4.78 is 7.14. The van der Waals surface area contributed by atoms with Crippen LogP contribution in [0.3, 0.4) is 0 Å². The minimum absolute atomic E-state index is 0.0721. The largest absolute Gasteiger partial charge is 0.338 e. The molecule has 2 aromatic heterocycles. The van der Waals surface area contributed by atoms with Gasteiger partial charge in [0, 0.05) is 30.8 Å². The molecule has 164 valence electrons. The van der Waals surface area contributed by atoms with Gasteiger partial charge in [-0.15, -0.1) is 0 Å². The fourth-order valence-electron chi connectivity index (χ4n) is 4.35. The number of benzene rings is 2. The molecule has 4 aromatic rings. The number of aryl methyl sites for hydroxylation is 1. The predicted octanol–water partition coefficient (Wildman–Crippen LogP) is 3.57. The molecule has 1 fully saturated rings. The lowest BCUT2D eigenvalue weighted by Gasteiger charge is -2.31. The van der Waals surface area contributed by atoms with Gasteiger partial charge in [-0.3, -0.25) is 19.6 Å². The second-order valence-electron chi connectivity index (χ2n) is 8.32. The van der Waals surface area contributed by atoms with E-state index < -0.39 is 0 Å². The van der Waals surface area contributed by atoms with Crippen molar-refractivity contribution in [3.05, 3.63) is 70.6 Å². The van der Waals surface area contributed by atoms with E-state index in [4.69, 9.17) is 4.52 Å². The third-order valence-electron chi connectivity index (χ3n) is 6.03. The number of carbonyl (C=O) groups excluding carboxylic acids is 1. The molecule has 32 heavy (non-hydrogen) atoms. The highest BCUT2D eigenvalue weighted by molar-refractivity contribution is 5.91. The van der Waals surface area contributed by atoms with Gasteiger partial charge in [0.05, 0.1) is 17.6 Å². The second-order valence-corrected chi connectivity index (χ2v) is 8.32. The SMILES string of the molecule is Cc1ccc(-c2cc(NC(=O)CN3CCC(n4c(=O)[nH]c5ccccc54)CC3)on2)cc1. The minimum Gasteiger partial charge on any atom is -0.338 e. The van der Waals surface area contributed by atoms with Crippen LogP contribution in [0.1, 0.15) is 24.4 Å². The highest BCUT2D eigenvalue weighted by Crippen LogP contribution is 2.25. The van der Waals surface area contributed by atoms with Gasteiger partial charge >= 0.3 is 5.69 Å². The molecule has 0 saturated carbocycles. The van der Waals surface area contributed by atoms with E-state index >= 15 is 0 Å². The summed E-state index contributed by atoms with van der Waals surface area (Å²) in [5.74, 6) is 0.199. The standard InChI is InChI=1S/C24H25N5O3/c1-16-6-8-17(9-7-16)20-14-23(32-27-20)26-22(30)15-28-12-10-18(11-13-28)29-21-5-3-2-4-19(21)25-24(29)31/h2-9,14,18H,10-13,15H2,1H3,(H,25,31)(H,26,30). The molecule has 0 spiro atoms. The number of hydrogen-bond acceptors (Lipinski definition) is 5. The zero-order valence-electron chi connectivity index (χ0n) is 17.9. The van der Waals surface area contributed by atoms with Gasteiger partial charge in [-0.05, 0) is 31.9 Å². The van der Waals surface area contributed by atoms with Crippen LogP contribution in [0.2, 0.25) is 0 Å². The zero-order valence-corrected chi connectivity index (χ0v) is 17.9. The van der Waals surface area contributed by atoms with Crippen molar-refractivity contribution in [3.8, 4) is 11.3 Å². The van der Waals surface area contributed by atoms with E-state index in [2.05, 4.69) is 20.4 Å². The van der Waals surface area contributed by atoms with Crippen LogP contribution < -0.4 is 11.0 Å². The van der Waals surface area contributed by atoms with E-state index in [1.807, 2.05) is 60.0 Å². The number of H-pyrrole nitrogens is 1. The number of imidazole rings is 1. The topological polar surface area (TPSA) is 96.2 Å². The van der Waals surface area contributed by atoms with Gasteiger partial charge in [-0.1, -0.05) is 47.1 Å². The summed E-state index contributed by atoms with van der Waals surface area (Å²) in [5.41, 5.74) is 4.51. The van der Waals surface area contributed by atoms with Gasteiger partial charge in [-0.25, -0.2) is 4.79 Å². The number of aromatic amines is 1. The number of fused-ring (bicyclic) bond motifs is 1. The van der Waals surface area contributed by atoms with E-state index in [9.17, 15) is 9.59 Å². The molecule has 0 aliphatic carbocycles. The number of nitrogens with one attached hydrogen (secondary N) is 2. The number of nitrogens with zero attached hydrogens (tertiary/aromatic N) is 3. The first kappa shape index (κ1) is 20.3. The van der Waals surface area contributed by atoms with E-state index in [1.165, 1.54) is 5.56 Å². The number of carbonyl (C=O) groups is 1. The van der Waals surface area contributed by atoms with Crippen molar-refractivity contribution in [2.45, 2.75) is 25.8 Å². The van der Waals surface area contributed by atoms with E-state index in [-0.39, 0.29) is 24.2 Å². The van der Waals surface area contributed by atoms with Crippen LogP contribution in [-0.4, -0.2) is 45.1 Å². The van der Waals surface area contributed by atoms with Gasteiger partial charge in [0.1, 0.15) is 5.69 Å². The monoisotopic (exact) mass is 431 g/mol. The van der Waals surface area contributed by atoms with Gasteiger partial charge in [0.15, 0.2) is 0 Å². The van der Waals surface area contributed by atoms with Crippen LogP contribution in [0.5, 0.6) is 0 Å². The van der Waals surface area contributed by atoms with Crippen LogP contribution in [0.4, 0.5) is 5.88 Å². The molecular formula is C24H25N5O3. The highest BCUT2D eigenvalue weighted by Gasteiger charge is 2.25. The molecule has 8 nitrogen and oxygen atoms in total. The molecule has 0 unspecified atom stereocenters. The third-order valence-corrected chi connectivity index (χ3v) is 6.03. The van der Waals surface area contributed by atoms with Crippen LogP contribution in [0, 0.1) is 6.92 Å². The molecule has 1 saturated heterocycles.